The maximum absolute atomic E-state index is 6.25. The number of methoxy groups -OCH3 is 2. The molecule has 0 radical (unpaired) electrons. The average Bonchev–Trinajstić information content (AvgIpc) is 3.23. The van der Waals surface area contributed by atoms with Gasteiger partial charge < -0.3 is 19.2 Å². The van der Waals surface area contributed by atoms with Crippen LogP contribution >= 0.6 is 11.6 Å². The molecular formula is C28H27ClN2O3. The zero-order valence-electron chi connectivity index (χ0n) is 19.4. The maximum Gasteiger partial charge on any atom is 0.162 e. The number of hydrogen-bond acceptors (Lipinski definition) is 4. The zero-order chi connectivity index (χ0) is 23.2. The lowest BCUT2D eigenvalue weighted by atomic mass is 9.85. The fraction of sp³-hybridized carbons (Fsp3) is 0.286. The predicted molar refractivity (Wildman–Crippen MR) is 134 cm³/mol. The zero-order valence-corrected chi connectivity index (χ0v) is 20.1. The standard InChI is InChI=1S/C28H27ClN2O3/c1-32-20-7-8-24-22(12-20)23-13-26-21-14-28(34-16-17-3-5-19(29)6-4-17)27(33-2)11-18(21)9-10-31(26)15-25(23)30-24/h3-8,11-12,14,26,30H,9-10,13,15-16H2,1-2H3. The van der Waals surface area contributed by atoms with Crippen LogP contribution in [-0.2, 0) is 26.0 Å². The lowest BCUT2D eigenvalue weighted by molar-refractivity contribution is 0.158. The van der Waals surface area contributed by atoms with Crippen molar-refractivity contribution in [3.8, 4) is 17.2 Å². The van der Waals surface area contributed by atoms with Gasteiger partial charge in [-0.05, 0) is 77.6 Å². The molecule has 1 atom stereocenters. The molecule has 0 saturated carbocycles. The number of nitrogens with one attached hydrogen (secondary N) is 1. The van der Waals surface area contributed by atoms with E-state index in [2.05, 4.69) is 34.1 Å². The summed E-state index contributed by atoms with van der Waals surface area (Å²) >= 11 is 6.03. The quantitative estimate of drug-likeness (QED) is 0.381. The summed E-state index contributed by atoms with van der Waals surface area (Å²) in [5, 5.41) is 1.98. The van der Waals surface area contributed by atoms with Crippen LogP contribution in [0.3, 0.4) is 0 Å². The summed E-state index contributed by atoms with van der Waals surface area (Å²) in [5.41, 5.74) is 7.63. The van der Waals surface area contributed by atoms with Gasteiger partial charge in [0.05, 0.1) is 14.2 Å². The van der Waals surface area contributed by atoms with Crippen LogP contribution in [-0.4, -0.2) is 30.6 Å². The molecule has 0 saturated heterocycles. The Balaban J connectivity index is 1.34. The molecular weight excluding hydrogens is 448 g/mol. The highest BCUT2D eigenvalue weighted by Gasteiger charge is 2.34. The molecule has 1 aromatic heterocycles. The Hall–Kier alpha value is -3.15. The second-order valence-electron chi connectivity index (χ2n) is 9.05. The third-order valence-corrected chi connectivity index (χ3v) is 7.41. The summed E-state index contributed by atoms with van der Waals surface area (Å²) in [5.74, 6) is 2.46. The number of aromatic nitrogens is 1. The van der Waals surface area contributed by atoms with Crippen LogP contribution < -0.4 is 14.2 Å². The molecule has 174 valence electrons. The molecule has 6 rings (SSSR count). The third-order valence-electron chi connectivity index (χ3n) is 7.16. The SMILES string of the molecule is COc1ccc2[nH]c3c(c2c1)CC1c2cc(OCc4ccc(Cl)cc4)c(OC)cc2CCN1C3. The first kappa shape index (κ1) is 21.4. The topological polar surface area (TPSA) is 46.7 Å². The summed E-state index contributed by atoms with van der Waals surface area (Å²) in [4.78, 5) is 6.22. The molecule has 0 aliphatic carbocycles. The van der Waals surface area contributed by atoms with E-state index in [0.29, 0.717) is 12.6 Å². The van der Waals surface area contributed by atoms with E-state index >= 15 is 0 Å². The lowest BCUT2D eigenvalue weighted by Crippen LogP contribution is -2.39. The summed E-state index contributed by atoms with van der Waals surface area (Å²) in [6, 6.07) is 18.7. The Labute approximate surface area is 204 Å². The van der Waals surface area contributed by atoms with Gasteiger partial charge in [-0.3, -0.25) is 4.90 Å². The lowest BCUT2D eigenvalue weighted by Gasteiger charge is -2.40. The summed E-state index contributed by atoms with van der Waals surface area (Å²) in [7, 11) is 3.43. The first-order valence-electron chi connectivity index (χ1n) is 11.6. The molecule has 1 N–H and O–H groups in total. The minimum Gasteiger partial charge on any atom is -0.497 e. The van der Waals surface area contributed by atoms with Gasteiger partial charge in [0.2, 0.25) is 0 Å². The van der Waals surface area contributed by atoms with E-state index in [9.17, 15) is 0 Å². The van der Waals surface area contributed by atoms with Crippen LogP contribution in [0.2, 0.25) is 5.02 Å². The molecule has 34 heavy (non-hydrogen) atoms. The number of H-pyrrole nitrogens is 1. The number of rotatable bonds is 5. The minimum atomic E-state index is 0.310. The second-order valence-corrected chi connectivity index (χ2v) is 9.49. The molecule has 2 aliphatic rings. The van der Waals surface area contributed by atoms with Gasteiger partial charge in [-0.2, -0.15) is 0 Å². The van der Waals surface area contributed by atoms with Crippen molar-refractivity contribution >= 4 is 22.5 Å². The number of ether oxygens (including phenoxy) is 3. The molecule has 3 aromatic carbocycles. The number of fused-ring (bicyclic) bond motifs is 6. The van der Waals surface area contributed by atoms with Crippen molar-refractivity contribution in [3.05, 3.63) is 87.6 Å². The Morgan fingerprint density at radius 3 is 2.65 bits per heavy atom. The Morgan fingerprint density at radius 2 is 1.85 bits per heavy atom. The van der Waals surface area contributed by atoms with Crippen LogP contribution in [0.1, 0.15) is 34.0 Å². The van der Waals surface area contributed by atoms with Crippen LogP contribution in [0.15, 0.2) is 54.6 Å². The van der Waals surface area contributed by atoms with Crippen LogP contribution in [0, 0.1) is 0 Å². The van der Waals surface area contributed by atoms with E-state index < -0.39 is 0 Å². The molecule has 0 bridgehead atoms. The van der Waals surface area contributed by atoms with Crippen molar-refractivity contribution in [1.82, 2.24) is 9.88 Å². The molecule has 3 heterocycles. The first-order valence-corrected chi connectivity index (χ1v) is 12.0. The van der Waals surface area contributed by atoms with E-state index in [0.717, 1.165) is 53.8 Å². The second kappa shape index (κ2) is 8.57. The van der Waals surface area contributed by atoms with Crippen molar-refractivity contribution in [2.75, 3.05) is 20.8 Å². The largest absolute Gasteiger partial charge is 0.497 e. The number of benzene rings is 3. The van der Waals surface area contributed by atoms with Crippen LogP contribution in [0.4, 0.5) is 0 Å². The minimum absolute atomic E-state index is 0.310. The highest BCUT2D eigenvalue weighted by Crippen LogP contribution is 2.44. The number of aromatic amines is 1. The number of halogens is 1. The van der Waals surface area contributed by atoms with E-state index in [1.165, 1.54) is 33.3 Å². The van der Waals surface area contributed by atoms with Gasteiger partial charge in [-0.25, -0.2) is 0 Å². The molecule has 4 aromatic rings. The van der Waals surface area contributed by atoms with E-state index in [1.807, 2.05) is 30.3 Å². The van der Waals surface area contributed by atoms with Gasteiger partial charge in [0.1, 0.15) is 12.4 Å². The van der Waals surface area contributed by atoms with Gasteiger partial charge in [0.25, 0.3) is 0 Å². The average molecular weight is 475 g/mol. The monoisotopic (exact) mass is 474 g/mol. The van der Waals surface area contributed by atoms with Gasteiger partial charge in [0, 0.05) is 40.8 Å². The summed E-state index contributed by atoms with van der Waals surface area (Å²) in [6.45, 7) is 2.42. The fourth-order valence-corrected chi connectivity index (χ4v) is 5.50. The molecule has 2 aliphatic heterocycles. The Kier molecular flexibility index (Phi) is 5.39. The Morgan fingerprint density at radius 1 is 1.00 bits per heavy atom. The molecule has 5 nitrogen and oxygen atoms in total. The van der Waals surface area contributed by atoms with Crippen LogP contribution in [0.25, 0.3) is 10.9 Å². The molecule has 0 spiro atoms. The molecule has 1 unspecified atom stereocenters. The smallest absolute Gasteiger partial charge is 0.162 e. The van der Waals surface area contributed by atoms with E-state index in [4.69, 9.17) is 25.8 Å². The highest BCUT2D eigenvalue weighted by molar-refractivity contribution is 6.30. The third kappa shape index (κ3) is 3.69. The van der Waals surface area contributed by atoms with Gasteiger partial charge >= 0.3 is 0 Å². The van der Waals surface area contributed by atoms with E-state index in [1.54, 1.807) is 14.2 Å². The number of nitrogens with zero attached hydrogens (tertiary/aromatic N) is 1. The Bertz CT molecular complexity index is 1360. The number of hydrogen-bond donors (Lipinski definition) is 1. The van der Waals surface area contributed by atoms with Crippen molar-refractivity contribution in [1.29, 1.82) is 0 Å². The molecule has 0 fully saturated rings. The van der Waals surface area contributed by atoms with Crippen molar-refractivity contribution < 1.29 is 14.2 Å². The van der Waals surface area contributed by atoms with Crippen LogP contribution in [0.5, 0.6) is 17.2 Å². The summed E-state index contributed by atoms with van der Waals surface area (Å²) in [6.07, 6.45) is 1.96. The first-order chi connectivity index (χ1) is 16.6. The van der Waals surface area contributed by atoms with Crippen molar-refractivity contribution in [2.24, 2.45) is 0 Å². The molecule has 0 amide bonds. The van der Waals surface area contributed by atoms with Gasteiger partial charge in [-0.1, -0.05) is 23.7 Å². The maximum atomic E-state index is 6.25. The van der Waals surface area contributed by atoms with Crippen molar-refractivity contribution in [2.45, 2.75) is 32.0 Å². The van der Waals surface area contributed by atoms with E-state index in [-0.39, 0.29) is 0 Å². The fourth-order valence-electron chi connectivity index (χ4n) is 5.38. The molecule has 6 heteroatoms. The predicted octanol–water partition coefficient (Wildman–Crippen LogP) is 6.07. The normalized spacial score (nSPS) is 17.1. The van der Waals surface area contributed by atoms with Crippen molar-refractivity contribution in [3.63, 3.8) is 0 Å². The highest BCUT2D eigenvalue weighted by atomic mass is 35.5. The summed E-state index contributed by atoms with van der Waals surface area (Å²) < 4.78 is 17.4. The van der Waals surface area contributed by atoms with Gasteiger partial charge in [-0.15, -0.1) is 0 Å². The van der Waals surface area contributed by atoms with Gasteiger partial charge in [0.15, 0.2) is 11.5 Å².